The van der Waals surface area contributed by atoms with Crippen molar-refractivity contribution in [3.8, 4) is 5.75 Å². The van der Waals surface area contributed by atoms with Gasteiger partial charge in [-0.15, -0.1) is 0 Å². The van der Waals surface area contributed by atoms with E-state index < -0.39 is 0 Å². The Morgan fingerprint density at radius 1 is 1.32 bits per heavy atom. The number of nitrogens with zero attached hydrogens (tertiary/aromatic N) is 1. The first-order valence-corrected chi connectivity index (χ1v) is 7.43. The minimum absolute atomic E-state index is 0.487. The van der Waals surface area contributed by atoms with Gasteiger partial charge in [0.15, 0.2) is 0 Å². The van der Waals surface area contributed by atoms with Gasteiger partial charge in [0, 0.05) is 12.1 Å². The summed E-state index contributed by atoms with van der Waals surface area (Å²) in [6, 6.07) is 9.82. The molecule has 1 aliphatic carbocycles. The zero-order valence-electron chi connectivity index (χ0n) is 11.7. The quantitative estimate of drug-likeness (QED) is 0.904. The Hall–Kier alpha value is -1.06. The molecule has 3 heteroatoms. The van der Waals surface area contributed by atoms with Crippen LogP contribution in [0.25, 0.3) is 0 Å². The van der Waals surface area contributed by atoms with Crippen LogP contribution in [0.3, 0.4) is 0 Å². The topological polar surface area (TPSA) is 38.5 Å². The summed E-state index contributed by atoms with van der Waals surface area (Å²) >= 11 is 0. The van der Waals surface area contributed by atoms with Crippen LogP contribution in [0.5, 0.6) is 5.75 Å². The number of rotatable bonds is 4. The average molecular weight is 260 g/mol. The highest BCUT2D eigenvalue weighted by atomic mass is 16.5. The van der Waals surface area contributed by atoms with Crippen LogP contribution in [0, 0.1) is 5.92 Å². The van der Waals surface area contributed by atoms with Gasteiger partial charge in [0.1, 0.15) is 5.75 Å². The fraction of sp³-hybridized carbons (Fsp3) is 0.625. The van der Waals surface area contributed by atoms with Crippen molar-refractivity contribution in [2.75, 3.05) is 20.2 Å². The van der Waals surface area contributed by atoms with Crippen molar-refractivity contribution in [2.45, 2.75) is 37.8 Å². The predicted octanol–water partition coefficient (Wildman–Crippen LogP) is 2.57. The molecule has 0 radical (unpaired) electrons. The molecule has 2 N–H and O–H groups in total. The van der Waals surface area contributed by atoms with Crippen molar-refractivity contribution in [1.29, 1.82) is 0 Å². The van der Waals surface area contributed by atoms with Gasteiger partial charge in [-0.3, -0.25) is 4.90 Å². The second-order valence-electron chi connectivity index (χ2n) is 5.83. The van der Waals surface area contributed by atoms with E-state index in [1.807, 2.05) is 6.07 Å². The van der Waals surface area contributed by atoms with Gasteiger partial charge in [-0.1, -0.05) is 12.1 Å². The van der Waals surface area contributed by atoms with E-state index in [0.717, 1.165) is 18.3 Å². The standard InChI is InChI=1S/C16H24N2O/c1-19-15-6-2-4-12(10-15)16-13(11-17)5-3-9-18(16)14-7-8-14/h2,4,6,10,13-14,16H,3,5,7-9,11,17H2,1H3. The molecule has 1 heterocycles. The summed E-state index contributed by atoms with van der Waals surface area (Å²) in [6.07, 6.45) is 5.26. The second-order valence-corrected chi connectivity index (χ2v) is 5.83. The average Bonchev–Trinajstić information content (AvgIpc) is 3.31. The number of likely N-dealkylation sites (tertiary alicyclic amines) is 1. The van der Waals surface area contributed by atoms with Gasteiger partial charge in [-0.05, 0) is 62.4 Å². The van der Waals surface area contributed by atoms with Crippen LogP contribution in [-0.2, 0) is 0 Å². The Kier molecular flexibility index (Phi) is 3.76. The predicted molar refractivity (Wildman–Crippen MR) is 77.2 cm³/mol. The highest BCUT2D eigenvalue weighted by Gasteiger charge is 2.39. The lowest BCUT2D eigenvalue weighted by Crippen LogP contribution is -2.42. The van der Waals surface area contributed by atoms with Crippen LogP contribution >= 0.6 is 0 Å². The zero-order valence-corrected chi connectivity index (χ0v) is 11.7. The second kappa shape index (κ2) is 5.51. The molecule has 1 aliphatic heterocycles. The van der Waals surface area contributed by atoms with Gasteiger partial charge in [0.05, 0.1) is 7.11 Å². The summed E-state index contributed by atoms with van der Waals surface area (Å²) < 4.78 is 5.38. The molecule has 3 nitrogen and oxygen atoms in total. The van der Waals surface area contributed by atoms with Crippen molar-refractivity contribution in [2.24, 2.45) is 11.7 Å². The minimum atomic E-state index is 0.487. The fourth-order valence-corrected chi connectivity index (χ4v) is 3.46. The largest absolute Gasteiger partial charge is 0.497 e. The van der Waals surface area contributed by atoms with E-state index in [4.69, 9.17) is 10.5 Å². The molecule has 2 aliphatic rings. The summed E-state index contributed by atoms with van der Waals surface area (Å²) in [6.45, 7) is 2.01. The van der Waals surface area contributed by atoms with Gasteiger partial charge < -0.3 is 10.5 Å². The molecular weight excluding hydrogens is 236 g/mol. The molecule has 1 aromatic rings. The van der Waals surface area contributed by atoms with Crippen molar-refractivity contribution in [1.82, 2.24) is 4.90 Å². The lowest BCUT2D eigenvalue weighted by molar-refractivity contribution is 0.0878. The van der Waals surface area contributed by atoms with E-state index in [0.29, 0.717) is 12.0 Å². The third-order valence-corrected chi connectivity index (χ3v) is 4.55. The molecule has 19 heavy (non-hydrogen) atoms. The Labute approximate surface area is 115 Å². The summed E-state index contributed by atoms with van der Waals surface area (Å²) in [5, 5.41) is 0. The summed E-state index contributed by atoms with van der Waals surface area (Å²) in [4.78, 5) is 2.69. The molecule has 2 fully saturated rings. The molecule has 0 amide bonds. The van der Waals surface area contributed by atoms with Gasteiger partial charge in [-0.2, -0.15) is 0 Å². The summed E-state index contributed by atoms with van der Waals surface area (Å²) in [5.74, 6) is 1.54. The number of methoxy groups -OCH3 is 1. The molecule has 1 saturated carbocycles. The first-order chi connectivity index (χ1) is 9.33. The molecule has 0 aromatic heterocycles. The molecule has 2 unspecified atom stereocenters. The van der Waals surface area contributed by atoms with E-state index in [1.54, 1.807) is 7.11 Å². The monoisotopic (exact) mass is 260 g/mol. The minimum Gasteiger partial charge on any atom is -0.497 e. The highest BCUT2D eigenvalue weighted by Crippen LogP contribution is 2.42. The maximum absolute atomic E-state index is 6.03. The number of nitrogens with two attached hydrogens (primary N) is 1. The van der Waals surface area contributed by atoms with Crippen molar-refractivity contribution in [3.63, 3.8) is 0 Å². The van der Waals surface area contributed by atoms with Crippen molar-refractivity contribution < 1.29 is 4.74 Å². The highest BCUT2D eigenvalue weighted by molar-refractivity contribution is 5.31. The maximum atomic E-state index is 6.03. The Morgan fingerprint density at radius 2 is 2.16 bits per heavy atom. The van der Waals surface area contributed by atoms with Gasteiger partial charge in [-0.25, -0.2) is 0 Å². The fourth-order valence-electron chi connectivity index (χ4n) is 3.46. The zero-order chi connectivity index (χ0) is 13.2. The van der Waals surface area contributed by atoms with Crippen molar-refractivity contribution >= 4 is 0 Å². The van der Waals surface area contributed by atoms with E-state index in [-0.39, 0.29) is 0 Å². The van der Waals surface area contributed by atoms with Gasteiger partial charge in [0.2, 0.25) is 0 Å². The molecule has 1 saturated heterocycles. The Bertz CT molecular complexity index is 431. The van der Waals surface area contributed by atoms with Crippen LogP contribution in [-0.4, -0.2) is 31.1 Å². The lowest BCUT2D eigenvalue weighted by atomic mass is 9.84. The van der Waals surface area contributed by atoms with E-state index in [9.17, 15) is 0 Å². The van der Waals surface area contributed by atoms with E-state index in [1.165, 1.54) is 37.8 Å². The molecule has 0 bridgehead atoms. The van der Waals surface area contributed by atoms with Gasteiger partial charge in [0.25, 0.3) is 0 Å². The molecule has 0 spiro atoms. The van der Waals surface area contributed by atoms with Crippen LogP contribution in [0.1, 0.15) is 37.3 Å². The first-order valence-electron chi connectivity index (χ1n) is 7.43. The Morgan fingerprint density at radius 3 is 2.84 bits per heavy atom. The maximum Gasteiger partial charge on any atom is 0.119 e. The SMILES string of the molecule is COc1cccc(C2C(CN)CCCN2C2CC2)c1. The number of ether oxygens (including phenoxy) is 1. The molecule has 3 rings (SSSR count). The summed E-state index contributed by atoms with van der Waals surface area (Å²) in [7, 11) is 1.74. The summed E-state index contributed by atoms with van der Waals surface area (Å²) in [5.41, 5.74) is 7.40. The number of benzene rings is 1. The molecular formula is C16H24N2O. The van der Waals surface area contributed by atoms with Crippen LogP contribution in [0.15, 0.2) is 24.3 Å². The van der Waals surface area contributed by atoms with Crippen LogP contribution in [0.4, 0.5) is 0 Å². The number of piperidine rings is 1. The van der Waals surface area contributed by atoms with Crippen LogP contribution in [0.2, 0.25) is 0 Å². The third-order valence-electron chi connectivity index (χ3n) is 4.55. The first kappa shape index (κ1) is 12.9. The van der Waals surface area contributed by atoms with Crippen LogP contribution < -0.4 is 10.5 Å². The van der Waals surface area contributed by atoms with Crippen molar-refractivity contribution in [3.05, 3.63) is 29.8 Å². The third kappa shape index (κ3) is 2.63. The molecule has 104 valence electrons. The smallest absolute Gasteiger partial charge is 0.119 e. The Balaban J connectivity index is 1.90. The molecule has 2 atom stereocenters. The van der Waals surface area contributed by atoms with E-state index >= 15 is 0 Å². The number of hydrogen-bond donors (Lipinski definition) is 1. The number of hydrogen-bond acceptors (Lipinski definition) is 3. The van der Waals surface area contributed by atoms with Gasteiger partial charge >= 0.3 is 0 Å². The molecule has 1 aromatic carbocycles. The lowest BCUT2D eigenvalue weighted by Gasteiger charge is -2.41. The van der Waals surface area contributed by atoms with E-state index in [2.05, 4.69) is 23.1 Å². The normalized spacial score (nSPS) is 28.3.